The number of sulfonamides is 1. The van der Waals surface area contributed by atoms with Crippen LogP contribution >= 0.6 is 0 Å². The molecule has 0 saturated heterocycles. The van der Waals surface area contributed by atoms with Gasteiger partial charge in [0.25, 0.3) is 10.0 Å². The lowest BCUT2D eigenvalue weighted by Crippen LogP contribution is -2.51. The van der Waals surface area contributed by atoms with Crippen molar-refractivity contribution in [2.45, 2.75) is 58.0 Å². The first kappa shape index (κ1) is 29.8. The molecule has 0 radical (unpaired) electrons. The molecule has 0 aliphatic heterocycles. The van der Waals surface area contributed by atoms with Crippen molar-refractivity contribution >= 4 is 27.5 Å². The second-order valence-electron chi connectivity index (χ2n) is 9.57. The van der Waals surface area contributed by atoms with E-state index in [-0.39, 0.29) is 23.0 Å². The predicted octanol–water partition coefficient (Wildman–Crippen LogP) is 4.97. The fourth-order valence-electron chi connectivity index (χ4n) is 4.06. The Balaban J connectivity index is 2.00. The van der Waals surface area contributed by atoms with Crippen LogP contribution < -0.4 is 9.62 Å². The molecule has 208 valence electrons. The van der Waals surface area contributed by atoms with E-state index < -0.39 is 34.3 Å². The number of rotatable bonds is 12. The van der Waals surface area contributed by atoms with Gasteiger partial charge >= 0.3 is 0 Å². The van der Waals surface area contributed by atoms with Gasteiger partial charge in [-0.1, -0.05) is 55.3 Å². The second kappa shape index (κ2) is 13.4. The molecule has 3 aromatic carbocycles. The molecule has 3 rings (SSSR count). The van der Waals surface area contributed by atoms with Crippen LogP contribution in [-0.4, -0.2) is 44.3 Å². The number of benzene rings is 3. The minimum absolute atomic E-state index is 0.131. The summed E-state index contributed by atoms with van der Waals surface area (Å²) in [5, 5.41) is 2.87. The average molecular weight is 554 g/mol. The van der Waals surface area contributed by atoms with Crippen LogP contribution in [0.2, 0.25) is 0 Å². The monoisotopic (exact) mass is 553 g/mol. The van der Waals surface area contributed by atoms with Gasteiger partial charge in [0, 0.05) is 13.1 Å². The molecule has 0 heterocycles. The number of hydrogen-bond acceptors (Lipinski definition) is 4. The molecule has 3 aromatic rings. The van der Waals surface area contributed by atoms with Gasteiger partial charge in [-0.15, -0.1) is 0 Å². The molecule has 0 aromatic heterocycles. The first-order chi connectivity index (χ1) is 18.5. The van der Waals surface area contributed by atoms with Crippen LogP contribution in [0.1, 0.15) is 43.4 Å². The van der Waals surface area contributed by atoms with E-state index >= 15 is 0 Å². The molecule has 1 unspecified atom stereocenters. The van der Waals surface area contributed by atoms with Gasteiger partial charge < -0.3 is 10.2 Å². The van der Waals surface area contributed by atoms with Gasteiger partial charge in [-0.3, -0.25) is 13.9 Å². The summed E-state index contributed by atoms with van der Waals surface area (Å²) >= 11 is 0. The van der Waals surface area contributed by atoms with E-state index in [1.54, 1.807) is 31.2 Å². The van der Waals surface area contributed by atoms with Crippen molar-refractivity contribution in [1.82, 2.24) is 10.2 Å². The first-order valence-corrected chi connectivity index (χ1v) is 14.4. The molecule has 0 aliphatic rings. The average Bonchev–Trinajstić information content (AvgIpc) is 2.91. The Morgan fingerprint density at radius 3 is 2.21 bits per heavy atom. The van der Waals surface area contributed by atoms with Gasteiger partial charge in [-0.25, -0.2) is 12.8 Å². The molecule has 7 nitrogen and oxygen atoms in total. The number of nitrogens with zero attached hydrogens (tertiary/aromatic N) is 2. The standard InChI is InChI=1S/C30H36FN3O4S/c1-5-6-19-32-30(36)24(4)33(20-25-10-8-7-9-23(25)3)29(35)21-34(27-15-11-22(2)12-16-27)39(37,38)28-17-13-26(31)14-18-28/h7-18,24H,5-6,19-21H2,1-4H3,(H,32,36). The van der Waals surface area contributed by atoms with E-state index in [9.17, 15) is 22.4 Å². The lowest BCUT2D eigenvalue weighted by molar-refractivity contribution is -0.139. The number of unbranched alkanes of at least 4 members (excludes halogenated alkanes) is 1. The fourth-order valence-corrected chi connectivity index (χ4v) is 5.48. The molecule has 1 N–H and O–H groups in total. The van der Waals surface area contributed by atoms with Crippen LogP contribution in [0, 0.1) is 19.7 Å². The zero-order chi connectivity index (χ0) is 28.6. The Labute approximate surface area is 230 Å². The fraction of sp³-hybridized carbons (Fsp3) is 0.333. The van der Waals surface area contributed by atoms with Crippen LogP contribution in [0.25, 0.3) is 0 Å². The normalized spacial score (nSPS) is 12.0. The van der Waals surface area contributed by atoms with Crippen molar-refractivity contribution in [1.29, 1.82) is 0 Å². The molecule has 0 aliphatic carbocycles. The number of amides is 2. The summed E-state index contributed by atoms with van der Waals surface area (Å²) in [6.07, 6.45) is 1.72. The molecule has 2 amide bonds. The molecule has 0 saturated carbocycles. The number of carbonyl (C=O) groups excluding carboxylic acids is 2. The summed E-state index contributed by atoms with van der Waals surface area (Å²) in [4.78, 5) is 28.2. The highest BCUT2D eigenvalue weighted by Gasteiger charge is 2.32. The third kappa shape index (κ3) is 7.66. The maximum Gasteiger partial charge on any atom is 0.264 e. The zero-order valence-corrected chi connectivity index (χ0v) is 23.7. The summed E-state index contributed by atoms with van der Waals surface area (Å²) in [6.45, 7) is 7.53. The third-order valence-electron chi connectivity index (χ3n) is 6.60. The van der Waals surface area contributed by atoms with Crippen LogP contribution in [-0.2, 0) is 26.2 Å². The maximum absolute atomic E-state index is 13.9. The molecule has 0 spiro atoms. The lowest BCUT2D eigenvalue weighted by atomic mass is 10.1. The van der Waals surface area contributed by atoms with E-state index in [0.717, 1.165) is 46.0 Å². The second-order valence-corrected chi connectivity index (χ2v) is 11.4. The highest BCUT2D eigenvalue weighted by molar-refractivity contribution is 7.92. The Bertz CT molecular complexity index is 1380. The van der Waals surface area contributed by atoms with Crippen molar-refractivity contribution in [3.8, 4) is 0 Å². The maximum atomic E-state index is 13.9. The van der Waals surface area contributed by atoms with Crippen LogP contribution in [0.3, 0.4) is 0 Å². The molecule has 0 fully saturated rings. The summed E-state index contributed by atoms with van der Waals surface area (Å²) in [7, 11) is -4.24. The topological polar surface area (TPSA) is 86.8 Å². The van der Waals surface area contributed by atoms with E-state index in [4.69, 9.17) is 0 Å². The molecule has 39 heavy (non-hydrogen) atoms. The predicted molar refractivity (Wildman–Crippen MR) is 151 cm³/mol. The van der Waals surface area contributed by atoms with Crippen molar-refractivity contribution in [3.63, 3.8) is 0 Å². The molecule has 9 heteroatoms. The Morgan fingerprint density at radius 2 is 1.59 bits per heavy atom. The first-order valence-electron chi connectivity index (χ1n) is 13.0. The molecule has 1 atom stereocenters. The van der Waals surface area contributed by atoms with Crippen molar-refractivity contribution < 1.29 is 22.4 Å². The van der Waals surface area contributed by atoms with Gasteiger partial charge in [0.2, 0.25) is 11.8 Å². The minimum Gasteiger partial charge on any atom is -0.354 e. The molecular weight excluding hydrogens is 517 g/mol. The van der Waals surface area contributed by atoms with E-state index in [2.05, 4.69) is 5.32 Å². The van der Waals surface area contributed by atoms with Gasteiger partial charge in [-0.05, 0) is 74.7 Å². The number of anilines is 1. The SMILES string of the molecule is CCCCNC(=O)C(C)N(Cc1ccccc1C)C(=O)CN(c1ccc(C)cc1)S(=O)(=O)c1ccc(F)cc1. The lowest BCUT2D eigenvalue weighted by Gasteiger charge is -2.32. The highest BCUT2D eigenvalue weighted by Crippen LogP contribution is 2.25. The van der Waals surface area contributed by atoms with Crippen LogP contribution in [0.15, 0.2) is 77.7 Å². The highest BCUT2D eigenvalue weighted by atomic mass is 32.2. The van der Waals surface area contributed by atoms with E-state index in [1.165, 1.54) is 17.0 Å². The van der Waals surface area contributed by atoms with Crippen LogP contribution in [0.5, 0.6) is 0 Å². The van der Waals surface area contributed by atoms with Gasteiger partial charge in [0.15, 0.2) is 0 Å². The summed E-state index contributed by atoms with van der Waals surface area (Å²) in [5.41, 5.74) is 3.00. The number of carbonyl (C=O) groups is 2. The Kier molecular flexibility index (Phi) is 10.2. The van der Waals surface area contributed by atoms with Gasteiger partial charge in [0.1, 0.15) is 18.4 Å². The van der Waals surface area contributed by atoms with Crippen molar-refractivity contribution in [2.24, 2.45) is 0 Å². The number of halogens is 1. The van der Waals surface area contributed by atoms with E-state index in [1.807, 2.05) is 45.0 Å². The molecule has 0 bridgehead atoms. The zero-order valence-electron chi connectivity index (χ0n) is 22.9. The number of aryl methyl sites for hydroxylation is 2. The summed E-state index contributed by atoms with van der Waals surface area (Å²) in [5.74, 6) is -1.42. The third-order valence-corrected chi connectivity index (χ3v) is 8.39. The molecular formula is C30H36FN3O4S. The summed E-state index contributed by atoms with van der Waals surface area (Å²) in [6, 6.07) is 17.9. The number of nitrogens with one attached hydrogen (secondary N) is 1. The van der Waals surface area contributed by atoms with E-state index in [0.29, 0.717) is 6.54 Å². The van der Waals surface area contributed by atoms with Crippen molar-refractivity contribution in [2.75, 3.05) is 17.4 Å². The number of hydrogen-bond donors (Lipinski definition) is 1. The Hall–Kier alpha value is -3.72. The van der Waals surface area contributed by atoms with Crippen LogP contribution in [0.4, 0.5) is 10.1 Å². The smallest absolute Gasteiger partial charge is 0.264 e. The largest absolute Gasteiger partial charge is 0.354 e. The summed E-state index contributed by atoms with van der Waals surface area (Å²) < 4.78 is 42.0. The Morgan fingerprint density at radius 1 is 0.949 bits per heavy atom. The quantitative estimate of drug-likeness (QED) is 0.321. The minimum atomic E-state index is -4.24. The van der Waals surface area contributed by atoms with Crippen molar-refractivity contribution in [3.05, 3.63) is 95.3 Å². The van der Waals surface area contributed by atoms with Gasteiger partial charge in [0.05, 0.1) is 10.6 Å². The van der Waals surface area contributed by atoms with Gasteiger partial charge in [-0.2, -0.15) is 0 Å².